The van der Waals surface area contributed by atoms with Crippen molar-refractivity contribution in [3.05, 3.63) is 34.9 Å². The minimum absolute atomic E-state index is 0.551. The van der Waals surface area contributed by atoms with Gasteiger partial charge in [0, 0.05) is 10.6 Å². The number of hydrogen-bond acceptors (Lipinski definition) is 2. The van der Waals surface area contributed by atoms with Crippen LogP contribution in [0.1, 0.15) is 11.7 Å². The lowest BCUT2D eigenvalue weighted by molar-refractivity contribution is 0.255. The molecule has 0 aliphatic rings. The van der Waals surface area contributed by atoms with Crippen LogP contribution in [0.4, 0.5) is 0 Å². The number of hydrogen-bond donors (Lipinski definition) is 0. The van der Waals surface area contributed by atoms with Crippen molar-refractivity contribution in [2.75, 3.05) is 0 Å². The highest BCUT2D eigenvalue weighted by atomic mass is 35.5. The minimum Gasteiger partial charge on any atom is -0.399 e. The van der Waals surface area contributed by atoms with E-state index in [1.165, 1.54) is 0 Å². The molecule has 0 amide bonds. The summed E-state index contributed by atoms with van der Waals surface area (Å²) in [5.74, 6) is 0. The summed E-state index contributed by atoms with van der Waals surface area (Å²) in [4.78, 5) is 0. The zero-order valence-corrected chi connectivity index (χ0v) is 10.9. The molecule has 1 rings (SSSR count). The van der Waals surface area contributed by atoms with Crippen LogP contribution in [-0.2, 0) is 4.43 Å². The van der Waals surface area contributed by atoms with Gasteiger partial charge < -0.3 is 4.43 Å². The first-order valence-corrected chi connectivity index (χ1v) is 8.54. The van der Waals surface area contributed by atoms with Crippen LogP contribution in [0.5, 0.6) is 0 Å². The molecule has 0 spiro atoms. The summed E-state index contributed by atoms with van der Waals surface area (Å²) in [6.07, 6.45) is -0.551. The first-order chi connectivity index (χ1) is 6.94. The second-order valence-corrected chi connectivity index (χ2v) is 9.13. The van der Waals surface area contributed by atoms with E-state index in [2.05, 4.69) is 6.07 Å². The molecular weight excluding hydrogens is 226 g/mol. The lowest BCUT2D eigenvalue weighted by Crippen LogP contribution is -2.27. The van der Waals surface area contributed by atoms with Gasteiger partial charge in [0.1, 0.15) is 0 Å². The van der Waals surface area contributed by atoms with Crippen LogP contribution in [0.3, 0.4) is 0 Å². The summed E-state index contributed by atoms with van der Waals surface area (Å²) in [6.45, 7) is 6.15. The standard InChI is InChI=1S/C11H14ClNOSi/c1-15(2,3)14-11(8-13)9-6-4-5-7-10(9)12/h4-7,11H,1-3H3/t11-/m0/s1. The molecule has 0 unspecified atom stereocenters. The average molecular weight is 240 g/mol. The smallest absolute Gasteiger partial charge is 0.186 e. The van der Waals surface area contributed by atoms with Crippen LogP contribution >= 0.6 is 11.6 Å². The maximum atomic E-state index is 9.06. The van der Waals surface area contributed by atoms with Crippen LogP contribution in [0.25, 0.3) is 0 Å². The van der Waals surface area contributed by atoms with Crippen LogP contribution in [0.2, 0.25) is 24.7 Å². The fraction of sp³-hybridized carbons (Fsp3) is 0.364. The molecule has 0 aliphatic carbocycles. The first-order valence-electron chi connectivity index (χ1n) is 4.76. The van der Waals surface area contributed by atoms with E-state index < -0.39 is 14.4 Å². The van der Waals surface area contributed by atoms with Crippen molar-refractivity contribution in [3.8, 4) is 6.07 Å². The second-order valence-electron chi connectivity index (χ2n) is 4.26. The zero-order chi connectivity index (χ0) is 11.5. The van der Waals surface area contributed by atoms with Crippen molar-refractivity contribution in [1.82, 2.24) is 0 Å². The van der Waals surface area contributed by atoms with Crippen molar-refractivity contribution in [2.45, 2.75) is 25.7 Å². The Balaban J connectivity index is 2.95. The predicted molar refractivity (Wildman–Crippen MR) is 64.2 cm³/mol. The highest BCUT2D eigenvalue weighted by Gasteiger charge is 2.23. The summed E-state index contributed by atoms with van der Waals surface area (Å²) in [5, 5.41) is 9.64. The van der Waals surface area contributed by atoms with Gasteiger partial charge in [-0.15, -0.1) is 0 Å². The molecule has 80 valence electrons. The SMILES string of the molecule is C[Si](C)(C)O[C@@H](C#N)c1ccccc1Cl. The highest BCUT2D eigenvalue weighted by molar-refractivity contribution is 6.69. The Kier molecular flexibility index (Phi) is 3.92. The Labute approximate surface area is 96.6 Å². The van der Waals surface area contributed by atoms with Gasteiger partial charge in [-0.1, -0.05) is 29.8 Å². The molecule has 1 atom stereocenters. The number of rotatable bonds is 3. The molecule has 0 saturated heterocycles. The van der Waals surface area contributed by atoms with Crippen molar-refractivity contribution in [3.63, 3.8) is 0 Å². The number of nitrogens with zero attached hydrogens (tertiary/aromatic N) is 1. The fourth-order valence-electron chi connectivity index (χ4n) is 1.20. The summed E-state index contributed by atoms with van der Waals surface area (Å²) in [6, 6.07) is 9.45. The topological polar surface area (TPSA) is 33.0 Å². The molecule has 0 aromatic heterocycles. The quantitative estimate of drug-likeness (QED) is 0.753. The summed E-state index contributed by atoms with van der Waals surface area (Å²) in [7, 11) is -1.73. The van der Waals surface area contributed by atoms with E-state index in [1.54, 1.807) is 6.07 Å². The van der Waals surface area contributed by atoms with Gasteiger partial charge in [-0.25, -0.2) is 0 Å². The molecular formula is C11H14ClNOSi. The molecule has 1 aromatic carbocycles. The number of halogens is 1. The third-order valence-electron chi connectivity index (χ3n) is 1.78. The second kappa shape index (κ2) is 4.80. The minimum atomic E-state index is -1.73. The predicted octanol–water partition coefficient (Wildman–Crippen LogP) is 3.76. The monoisotopic (exact) mass is 239 g/mol. The molecule has 4 heteroatoms. The van der Waals surface area contributed by atoms with E-state index >= 15 is 0 Å². The third-order valence-corrected chi connectivity index (χ3v) is 3.06. The van der Waals surface area contributed by atoms with Crippen molar-refractivity contribution < 1.29 is 4.43 Å². The molecule has 0 aliphatic heterocycles. The van der Waals surface area contributed by atoms with Gasteiger partial charge in [0.05, 0.1) is 6.07 Å². The van der Waals surface area contributed by atoms with E-state index in [0.29, 0.717) is 5.02 Å². The molecule has 0 fully saturated rings. The Bertz CT molecular complexity index is 381. The van der Waals surface area contributed by atoms with Gasteiger partial charge in [0.15, 0.2) is 14.4 Å². The maximum absolute atomic E-state index is 9.06. The highest BCUT2D eigenvalue weighted by Crippen LogP contribution is 2.27. The maximum Gasteiger partial charge on any atom is 0.186 e. The van der Waals surface area contributed by atoms with Crippen molar-refractivity contribution in [2.24, 2.45) is 0 Å². The van der Waals surface area contributed by atoms with E-state index in [0.717, 1.165) is 5.56 Å². The van der Waals surface area contributed by atoms with Gasteiger partial charge in [-0.2, -0.15) is 5.26 Å². The Hall–Kier alpha value is -0.823. The van der Waals surface area contributed by atoms with Gasteiger partial charge >= 0.3 is 0 Å². The van der Waals surface area contributed by atoms with E-state index in [-0.39, 0.29) is 0 Å². The lowest BCUT2D eigenvalue weighted by Gasteiger charge is -2.22. The molecule has 0 N–H and O–H groups in total. The average Bonchev–Trinajstić information content (AvgIpc) is 2.14. The molecule has 0 saturated carbocycles. The normalized spacial score (nSPS) is 13.3. The van der Waals surface area contributed by atoms with Crippen molar-refractivity contribution >= 4 is 19.9 Å². The lowest BCUT2D eigenvalue weighted by atomic mass is 10.1. The van der Waals surface area contributed by atoms with Crippen LogP contribution in [0, 0.1) is 11.3 Å². The number of benzene rings is 1. The Morgan fingerprint density at radius 1 is 1.33 bits per heavy atom. The number of nitriles is 1. The van der Waals surface area contributed by atoms with Gasteiger partial charge in [0.2, 0.25) is 0 Å². The van der Waals surface area contributed by atoms with E-state index in [9.17, 15) is 0 Å². The molecule has 0 bridgehead atoms. The van der Waals surface area contributed by atoms with E-state index in [4.69, 9.17) is 21.3 Å². The largest absolute Gasteiger partial charge is 0.399 e. The summed E-state index contributed by atoms with van der Waals surface area (Å²) < 4.78 is 5.75. The van der Waals surface area contributed by atoms with Gasteiger partial charge in [-0.3, -0.25) is 0 Å². The Morgan fingerprint density at radius 2 is 1.93 bits per heavy atom. The van der Waals surface area contributed by atoms with Gasteiger partial charge in [-0.05, 0) is 25.7 Å². The van der Waals surface area contributed by atoms with E-state index in [1.807, 2.05) is 37.8 Å². The molecule has 0 heterocycles. The summed E-state index contributed by atoms with van der Waals surface area (Å²) in [5.41, 5.74) is 0.754. The molecule has 0 radical (unpaired) electrons. The van der Waals surface area contributed by atoms with Crippen LogP contribution in [0.15, 0.2) is 24.3 Å². The molecule has 2 nitrogen and oxygen atoms in total. The Morgan fingerprint density at radius 3 is 2.40 bits per heavy atom. The van der Waals surface area contributed by atoms with Crippen molar-refractivity contribution in [1.29, 1.82) is 5.26 Å². The first kappa shape index (κ1) is 12.2. The molecule has 15 heavy (non-hydrogen) atoms. The van der Waals surface area contributed by atoms with Crippen LogP contribution < -0.4 is 0 Å². The summed E-state index contributed by atoms with van der Waals surface area (Å²) >= 11 is 6.01. The molecule has 1 aromatic rings. The van der Waals surface area contributed by atoms with Crippen LogP contribution in [-0.4, -0.2) is 8.32 Å². The zero-order valence-electron chi connectivity index (χ0n) is 9.12. The fourth-order valence-corrected chi connectivity index (χ4v) is 2.32. The van der Waals surface area contributed by atoms with Gasteiger partial charge in [0.25, 0.3) is 0 Å². The third kappa shape index (κ3) is 3.67.